The van der Waals surface area contributed by atoms with Gasteiger partial charge >= 0.3 is 6.05 Å². The van der Waals surface area contributed by atoms with Crippen LogP contribution in [0, 0.1) is 0 Å². The van der Waals surface area contributed by atoms with Crippen LogP contribution in [0.3, 0.4) is 0 Å². The van der Waals surface area contributed by atoms with E-state index in [0.717, 1.165) is 12.1 Å². The van der Waals surface area contributed by atoms with Crippen LogP contribution in [0.25, 0.3) is 0 Å². The number of hydrogen-bond acceptors (Lipinski definition) is 1. The number of rotatable bonds is 0. The molecule has 1 fully saturated rings. The fourth-order valence-electron chi connectivity index (χ4n) is 1.64. The Morgan fingerprint density at radius 1 is 1.50 bits per heavy atom. The molecular formula is C7H9F2N. The fraction of sp³-hybridized carbons (Fsp3) is 0.714. The second-order valence-electron chi connectivity index (χ2n) is 2.80. The van der Waals surface area contributed by atoms with Gasteiger partial charge in [0, 0.05) is 18.7 Å². The molecule has 0 aromatic rings. The van der Waals surface area contributed by atoms with Crippen LogP contribution in [0.4, 0.5) is 8.78 Å². The lowest BCUT2D eigenvalue weighted by Gasteiger charge is -2.22. The molecule has 10 heavy (non-hydrogen) atoms. The molecule has 1 nitrogen and oxygen atoms in total. The molecule has 2 aliphatic rings. The van der Waals surface area contributed by atoms with Crippen LogP contribution in [0.2, 0.25) is 0 Å². The summed E-state index contributed by atoms with van der Waals surface area (Å²) < 4.78 is 25.6. The molecule has 3 heteroatoms. The van der Waals surface area contributed by atoms with Crippen LogP contribution < -0.4 is 0 Å². The second kappa shape index (κ2) is 1.71. The van der Waals surface area contributed by atoms with Crippen molar-refractivity contribution in [3.05, 3.63) is 11.8 Å². The van der Waals surface area contributed by atoms with E-state index in [4.69, 9.17) is 0 Å². The van der Waals surface area contributed by atoms with Gasteiger partial charge in [0.05, 0.1) is 0 Å². The van der Waals surface area contributed by atoms with E-state index in [0.29, 0.717) is 13.0 Å². The van der Waals surface area contributed by atoms with Gasteiger partial charge in [-0.1, -0.05) is 6.08 Å². The SMILES string of the molecule is FC1(F)CCC2=CCCN21. The predicted octanol–water partition coefficient (Wildman–Crippen LogP) is 1.96. The van der Waals surface area contributed by atoms with Crippen LogP contribution >= 0.6 is 0 Å². The third-order valence-electron chi connectivity index (χ3n) is 2.16. The van der Waals surface area contributed by atoms with Crippen LogP contribution in [0.5, 0.6) is 0 Å². The zero-order valence-electron chi connectivity index (χ0n) is 5.61. The van der Waals surface area contributed by atoms with Gasteiger partial charge in [0.2, 0.25) is 0 Å². The molecular weight excluding hydrogens is 136 g/mol. The molecule has 0 aromatic heterocycles. The largest absolute Gasteiger partial charge is 0.325 e. The first-order chi connectivity index (χ1) is 4.70. The first-order valence-electron chi connectivity index (χ1n) is 3.55. The smallest absolute Gasteiger partial charge is 0.317 e. The van der Waals surface area contributed by atoms with Gasteiger partial charge in [-0.15, -0.1) is 0 Å². The molecule has 0 spiro atoms. The van der Waals surface area contributed by atoms with Crippen molar-refractivity contribution in [2.24, 2.45) is 0 Å². The quantitative estimate of drug-likeness (QED) is 0.471. The first-order valence-corrected chi connectivity index (χ1v) is 3.55. The Morgan fingerprint density at radius 3 is 3.00 bits per heavy atom. The van der Waals surface area contributed by atoms with E-state index in [1.165, 1.54) is 4.90 Å². The Morgan fingerprint density at radius 2 is 2.30 bits per heavy atom. The molecule has 0 bridgehead atoms. The van der Waals surface area contributed by atoms with Gasteiger partial charge in [-0.25, -0.2) is 0 Å². The average Bonchev–Trinajstić information content (AvgIpc) is 2.36. The van der Waals surface area contributed by atoms with Crippen molar-refractivity contribution in [2.75, 3.05) is 6.54 Å². The lowest BCUT2D eigenvalue weighted by atomic mass is 10.3. The van der Waals surface area contributed by atoms with Crippen molar-refractivity contribution in [3.63, 3.8) is 0 Å². The second-order valence-corrected chi connectivity index (χ2v) is 2.80. The lowest BCUT2D eigenvalue weighted by Crippen LogP contribution is -2.32. The van der Waals surface area contributed by atoms with Crippen molar-refractivity contribution in [3.8, 4) is 0 Å². The molecule has 0 aliphatic carbocycles. The Labute approximate surface area is 58.3 Å². The summed E-state index contributed by atoms with van der Waals surface area (Å²) in [5.74, 6) is 0. The highest BCUT2D eigenvalue weighted by Crippen LogP contribution is 2.41. The molecule has 56 valence electrons. The summed E-state index contributed by atoms with van der Waals surface area (Å²) in [5.41, 5.74) is 0.852. The average molecular weight is 145 g/mol. The number of halogens is 2. The molecule has 0 radical (unpaired) electrons. The van der Waals surface area contributed by atoms with Gasteiger partial charge in [-0.05, 0) is 12.8 Å². The van der Waals surface area contributed by atoms with E-state index in [2.05, 4.69) is 0 Å². The van der Waals surface area contributed by atoms with Crippen molar-refractivity contribution in [1.29, 1.82) is 0 Å². The summed E-state index contributed by atoms with van der Waals surface area (Å²) in [7, 11) is 0. The van der Waals surface area contributed by atoms with Crippen LogP contribution in [0.15, 0.2) is 11.8 Å². The van der Waals surface area contributed by atoms with E-state index in [9.17, 15) is 8.78 Å². The maximum atomic E-state index is 12.8. The van der Waals surface area contributed by atoms with E-state index < -0.39 is 6.05 Å². The molecule has 2 heterocycles. The maximum absolute atomic E-state index is 12.8. The third kappa shape index (κ3) is 0.662. The molecule has 0 N–H and O–H groups in total. The molecule has 0 aromatic carbocycles. The van der Waals surface area contributed by atoms with Crippen LogP contribution in [-0.4, -0.2) is 17.5 Å². The number of fused-ring (bicyclic) bond motifs is 1. The zero-order valence-corrected chi connectivity index (χ0v) is 5.61. The van der Waals surface area contributed by atoms with E-state index >= 15 is 0 Å². The highest BCUT2D eigenvalue weighted by atomic mass is 19.3. The van der Waals surface area contributed by atoms with Gasteiger partial charge in [0.15, 0.2) is 0 Å². The van der Waals surface area contributed by atoms with E-state index in [1.54, 1.807) is 0 Å². The molecule has 2 rings (SSSR count). The molecule has 0 amide bonds. The Hall–Kier alpha value is -0.600. The summed E-state index contributed by atoms with van der Waals surface area (Å²) in [6.07, 6.45) is 3.29. The molecule has 2 aliphatic heterocycles. The lowest BCUT2D eigenvalue weighted by molar-refractivity contribution is -0.104. The topological polar surface area (TPSA) is 3.24 Å². The Bertz CT molecular complexity index is 186. The van der Waals surface area contributed by atoms with Gasteiger partial charge in [-0.3, -0.25) is 0 Å². The van der Waals surface area contributed by atoms with E-state index in [1.807, 2.05) is 6.08 Å². The monoisotopic (exact) mass is 145 g/mol. The summed E-state index contributed by atoms with van der Waals surface area (Å²) in [6, 6.07) is -2.54. The van der Waals surface area contributed by atoms with Crippen molar-refractivity contribution >= 4 is 0 Å². The normalized spacial score (nSPS) is 28.6. The summed E-state index contributed by atoms with van der Waals surface area (Å²) in [5, 5.41) is 0. The third-order valence-corrected chi connectivity index (χ3v) is 2.16. The summed E-state index contributed by atoms with van der Waals surface area (Å²) >= 11 is 0. The molecule has 1 saturated heterocycles. The summed E-state index contributed by atoms with van der Waals surface area (Å²) in [4.78, 5) is 1.23. The highest BCUT2D eigenvalue weighted by Gasteiger charge is 2.44. The van der Waals surface area contributed by atoms with Gasteiger partial charge in [-0.2, -0.15) is 8.78 Å². The standard InChI is InChI=1S/C7H9F2N/c8-7(9)4-3-6-2-1-5-10(6)7/h2H,1,3-5H2. The van der Waals surface area contributed by atoms with Crippen molar-refractivity contribution < 1.29 is 8.78 Å². The zero-order chi connectivity index (χ0) is 7.19. The minimum Gasteiger partial charge on any atom is -0.317 e. The predicted molar refractivity (Wildman–Crippen MR) is 33.6 cm³/mol. The molecule has 0 unspecified atom stereocenters. The number of nitrogens with zero attached hydrogens (tertiary/aromatic N) is 1. The minimum atomic E-state index is -2.54. The van der Waals surface area contributed by atoms with Gasteiger partial charge < -0.3 is 4.90 Å². The molecule has 0 atom stereocenters. The number of alkyl halides is 2. The Balaban J connectivity index is 2.27. The Kier molecular flexibility index (Phi) is 1.05. The fourth-order valence-corrected chi connectivity index (χ4v) is 1.64. The van der Waals surface area contributed by atoms with Crippen molar-refractivity contribution in [2.45, 2.75) is 25.3 Å². The number of hydrogen-bond donors (Lipinski definition) is 0. The van der Waals surface area contributed by atoms with Gasteiger partial charge in [0.25, 0.3) is 0 Å². The number of allylic oxidation sites excluding steroid dienone is 1. The van der Waals surface area contributed by atoms with Crippen molar-refractivity contribution in [1.82, 2.24) is 4.90 Å². The first kappa shape index (κ1) is 6.13. The molecule has 0 saturated carbocycles. The van der Waals surface area contributed by atoms with E-state index in [-0.39, 0.29) is 6.42 Å². The van der Waals surface area contributed by atoms with Gasteiger partial charge in [0.1, 0.15) is 0 Å². The maximum Gasteiger partial charge on any atom is 0.325 e. The van der Waals surface area contributed by atoms with Crippen LogP contribution in [0.1, 0.15) is 19.3 Å². The summed E-state index contributed by atoms with van der Waals surface area (Å²) in [6.45, 7) is 0.516. The highest BCUT2D eigenvalue weighted by molar-refractivity contribution is 5.14. The minimum absolute atomic E-state index is 0.0127. The van der Waals surface area contributed by atoms with Crippen LogP contribution in [-0.2, 0) is 0 Å².